The van der Waals surface area contributed by atoms with Gasteiger partial charge in [0.1, 0.15) is 0 Å². The van der Waals surface area contributed by atoms with Crippen molar-refractivity contribution in [3.05, 3.63) is 29.6 Å². The van der Waals surface area contributed by atoms with Gasteiger partial charge in [0.2, 0.25) is 5.95 Å². The molecule has 0 bridgehead atoms. The third-order valence-corrected chi connectivity index (χ3v) is 6.76. The molecule has 1 aromatic rings. The molecule has 0 radical (unpaired) electrons. The van der Waals surface area contributed by atoms with E-state index in [1.165, 1.54) is 5.57 Å². The van der Waals surface area contributed by atoms with Gasteiger partial charge in [-0.3, -0.25) is 9.80 Å². The second-order valence-corrected chi connectivity index (χ2v) is 9.56. The molecule has 2 saturated heterocycles. The van der Waals surface area contributed by atoms with Crippen molar-refractivity contribution in [1.29, 1.82) is 0 Å². The predicted molar refractivity (Wildman–Crippen MR) is 104 cm³/mol. The highest BCUT2D eigenvalue weighted by atomic mass is 32.2. The first-order chi connectivity index (χ1) is 12.4. The fourth-order valence-electron chi connectivity index (χ4n) is 3.74. The molecule has 0 saturated carbocycles. The summed E-state index contributed by atoms with van der Waals surface area (Å²) < 4.78 is 24.6. The number of sulfone groups is 1. The topological polar surface area (TPSA) is 78.4 Å². The number of allylic oxidation sites excluding steroid dienone is 1. The van der Waals surface area contributed by atoms with Gasteiger partial charge < -0.3 is 5.32 Å². The maximum Gasteiger partial charge on any atom is 0.222 e. The maximum atomic E-state index is 12.3. The Labute approximate surface area is 156 Å². The average molecular weight is 380 g/mol. The van der Waals surface area contributed by atoms with Crippen LogP contribution in [0, 0.1) is 0 Å². The fourth-order valence-corrected chi connectivity index (χ4v) is 5.78. The van der Waals surface area contributed by atoms with E-state index in [1.807, 2.05) is 19.3 Å². The summed E-state index contributed by atoms with van der Waals surface area (Å²) in [7, 11) is -2.98. The summed E-state index contributed by atoms with van der Waals surface area (Å²) in [5.41, 5.74) is 2.29. The molecule has 3 rings (SSSR count). The van der Waals surface area contributed by atoms with E-state index in [9.17, 15) is 8.42 Å². The highest BCUT2D eigenvalue weighted by Gasteiger charge is 2.46. The lowest BCUT2D eigenvalue weighted by Gasteiger charge is -2.43. The second kappa shape index (κ2) is 8.02. The monoisotopic (exact) mass is 379 g/mol. The number of nitrogens with zero attached hydrogens (tertiary/aromatic N) is 4. The highest BCUT2D eigenvalue weighted by Crippen LogP contribution is 2.28. The maximum absolute atomic E-state index is 12.3. The number of hydrogen-bond donors (Lipinski definition) is 1. The first-order valence-electron chi connectivity index (χ1n) is 9.24. The van der Waals surface area contributed by atoms with Crippen LogP contribution in [0.2, 0.25) is 0 Å². The van der Waals surface area contributed by atoms with Crippen molar-refractivity contribution in [2.24, 2.45) is 0 Å². The van der Waals surface area contributed by atoms with Crippen LogP contribution in [0.1, 0.15) is 26.3 Å². The van der Waals surface area contributed by atoms with Crippen LogP contribution in [-0.2, 0) is 16.4 Å². The van der Waals surface area contributed by atoms with Gasteiger partial charge in [-0.15, -0.1) is 0 Å². The minimum atomic E-state index is -2.98. The number of nitrogens with one attached hydrogen (secondary N) is 1. The number of rotatable bonds is 6. The summed E-state index contributed by atoms with van der Waals surface area (Å²) in [6.45, 7) is 10.2. The van der Waals surface area contributed by atoms with Crippen LogP contribution in [0.5, 0.6) is 0 Å². The summed E-state index contributed by atoms with van der Waals surface area (Å²) in [5, 5.41) is 3.09. The Hall–Kier alpha value is -1.51. The summed E-state index contributed by atoms with van der Waals surface area (Å²) in [6, 6.07) is 0.124. The quantitative estimate of drug-likeness (QED) is 0.743. The van der Waals surface area contributed by atoms with E-state index in [1.54, 1.807) is 0 Å². The zero-order valence-electron chi connectivity index (χ0n) is 15.9. The molecule has 26 heavy (non-hydrogen) atoms. The van der Waals surface area contributed by atoms with Gasteiger partial charge in [-0.05, 0) is 20.8 Å². The molecule has 0 unspecified atom stereocenters. The standard InChI is InChI=1S/C18H29N5O2S/c1-4-19-18-20-9-15(10-21-18)11-23-8-7-22(6-5-14(2)3)16-12-26(24,25)13-17(16)23/h5,9-10,16-17H,4,6-8,11-13H2,1-3H3,(H,19,20,21)/t16-,17+/m1/s1. The molecule has 2 atom stereocenters. The third kappa shape index (κ3) is 4.61. The van der Waals surface area contributed by atoms with Gasteiger partial charge in [0.15, 0.2) is 9.84 Å². The van der Waals surface area contributed by atoms with E-state index < -0.39 is 9.84 Å². The number of piperazine rings is 1. The minimum absolute atomic E-state index is 0.0488. The van der Waals surface area contributed by atoms with Gasteiger partial charge in [0.25, 0.3) is 0 Å². The lowest BCUT2D eigenvalue weighted by Crippen LogP contribution is -2.58. The van der Waals surface area contributed by atoms with Crippen LogP contribution in [0.4, 0.5) is 5.95 Å². The molecule has 1 aromatic heterocycles. The van der Waals surface area contributed by atoms with Crippen LogP contribution >= 0.6 is 0 Å². The fraction of sp³-hybridized carbons (Fsp3) is 0.667. The van der Waals surface area contributed by atoms with Gasteiger partial charge in [-0.1, -0.05) is 11.6 Å². The van der Waals surface area contributed by atoms with Crippen molar-refractivity contribution in [1.82, 2.24) is 19.8 Å². The Morgan fingerprint density at radius 3 is 2.42 bits per heavy atom. The summed E-state index contributed by atoms with van der Waals surface area (Å²) in [6.07, 6.45) is 5.85. The van der Waals surface area contributed by atoms with Crippen molar-refractivity contribution in [2.75, 3.05) is 43.0 Å². The van der Waals surface area contributed by atoms with Gasteiger partial charge in [-0.25, -0.2) is 18.4 Å². The molecular formula is C18H29N5O2S. The van der Waals surface area contributed by atoms with Crippen molar-refractivity contribution in [3.8, 4) is 0 Å². The second-order valence-electron chi connectivity index (χ2n) is 7.40. The molecule has 0 amide bonds. The van der Waals surface area contributed by atoms with Crippen LogP contribution in [0.25, 0.3) is 0 Å². The van der Waals surface area contributed by atoms with Gasteiger partial charge >= 0.3 is 0 Å². The molecule has 144 valence electrons. The number of hydrogen-bond acceptors (Lipinski definition) is 7. The van der Waals surface area contributed by atoms with E-state index in [2.05, 4.69) is 45.0 Å². The van der Waals surface area contributed by atoms with Crippen molar-refractivity contribution in [3.63, 3.8) is 0 Å². The zero-order chi connectivity index (χ0) is 18.7. The minimum Gasteiger partial charge on any atom is -0.355 e. The zero-order valence-corrected chi connectivity index (χ0v) is 16.7. The molecule has 2 aliphatic rings. The molecule has 8 heteroatoms. The molecule has 7 nitrogen and oxygen atoms in total. The molecule has 0 aliphatic carbocycles. The average Bonchev–Trinajstić information content (AvgIpc) is 2.91. The molecule has 1 N–H and O–H groups in total. The molecule has 0 spiro atoms. The van der Waals surface area contributed by atoms with Crippen LogP contribution < -0.4 is 5.32 Å². The van der Waals surface area contributed by atoms with Crippen LogP contribution in [0.3, 0.4) is 0 Å². The summed E-state index contributed by atoms with van der Waals surface area (Å²) >= 11 is 0. The third-order valence-electron chi connectivity index (χ3n) is 5.07. The molecule has 2 fully saturated rings. The molecular weight excluding hydrogens is 350 g/mol. The number of aromatic nitrogens is 2. The summed E-state index contributed by atoms with van der Waals surface area (Å²) in [5.74, 6) is 1.14. The number of fused-ring (bicyclic) bond motifs is 1. The highest BCUT2D eigenvalue weighted by molar-refractivity contribution is 7.91. The van der Waals surface area contributed by atoms with Crippen molar-refractivity contribution >= 4 is 15.8 Å². The Balaban J connectivity index is 1.72. The Bertz CT molecular complexity index is 743. The normalized spacial score (nSPS) is 25.7. The Kier molecular flexibility index (Phi) is 5.94. The van der Waals surface area contributed by atoms with E-state index in [-0.39, 0.29) is 23.6 Å². The summed E-state index contributed by atoms with van der Waals surface area (Å²) in [4.78, 5) is 13.3. The van der Waals surface area contributed by atoms with E-state index in [4.69, 9.17) is 0 Å². The lowest BCUT2D eigenvalue weighted by atomic mass is 10.0. The first-order valence-corrected chi connectivity index (χ1v) is 11.1. The van der Waals surface area contributed by atoms with Crippen LogP contribution in [0.15, 0.2) is 24.0 Å². The van der Waals surface area contributed by atoms with E-state index >= 15 is 0 Å². The van der Waals surface area contributed by atoms with Crippen LogP contribution in [-0.4, -0.2) is 78.0 Å². The smallest absolute Gasteiger partial charge is 0.222 e. The SMILES string of the molecule is CCNc1ncc(CN2CCN(CC=C(C)C)[C@@H]3CS(=O)(=O)C[C@@H]32)cn1. The lowest BCUT2D eigenvalue weighted by molar-refractivity contribution is 0.0476. The van der Waals surface area contributed by atoms with E-state index in [0.717, 1.165) is 31.7 Å². The van der Waals surface area contributed by atoms with Crippen molar-refractivity contribution < 1.29 is 8.42 Å². The Morgan fingerprint density at radius 1 is 1.19 bits per heavy atom. The van der Waals surface area contributed by atoms with E-state index in [0.29, 0.717) is 12.5 Å². The van der Waals surface area contributed by atoms with Crippen molar-refractivity contribution in [2.45, 2.75) is 39.4 Å². The molecule has 0 aromatic carbocycles. The van der Waals surface area contributed by atoms with Gasteiger partial charge in [0.05, 0.1) is 11.5 Å². The first kappa shape index (κ1) is 19.3. The predicted octanol–water partition coefficient (Wildman–Crippen LogP) is 1.16. The number of anilines is 1. The molecule has 3 heterocycles. The van der Waals surface area contributed by atoms with Gasteiger partial charge in [-0.2, -0.15) is 0 Å². The Morgan fingerprint density at radius 2 is 1.81 bits per heavy atom. The molecule has 2 aliphatic heterocycles. The largest absolute Gasteiger partial charge is 0.355 e. The van der Waals surface area contributed by atoms with Gasteiger partial charge in [0, 0.05) is 62.8 Å².